The van der Waals surface area contributed by atoms with Gasteiger partial charge in [-0.2, -0.15) is 0 Å². The van der Waals surface area contributed by atoms with Crippen molar-refractivity contribution in [3.05, 3.63) is 39.6 Å². The minimum atomic E-state index is -0.336. The SMILES string of the molecule is C[C@H](Sc1nccn1C)C(=O)Nc1cc(Cl)c(Cl)cc1Cl. The van der Waals surface area contributed by atoms with Crippen LogP contribution in [0.15, 0.2) is 29.7 Å². The van der Waals surface area contributed by atoms with E-state index >= 15 is 0 Å². The minimum absolute atomic E-state index is 0.191. The van der Waals surface area contributed by atoms with Crippen LogP contribution in [0.25, 0.3) is 0 Å². The molecular formula is C13H12Cl3N3OS. The molecule has 0 aliphatic carbocycles. The van der Waals surface area contributed by atoms with Crippen LogP contribution in [-0.2, 0) is 11.8 Å². The highest BCUT2D eigenvalue weighted by molar-refractivity contribution is 8.00. The summed E-state index contributed by atoms with van der Waals surface area (Å²) in [7, 11) is 1.87. The Labute approximate surface area is 141 Å². The summed E-state index contributed by atoms with van der Waals surface area (Å²) in [6, 6.07) is 3.03. The van der Waals surface area contributed by atoms with E-state index in [-0.39, 0.29) is 11.2 Å². The number of aryl methyl sites for hydroxylation is 1. The molecule has 0 unspecified atom stereocenters. The van der Waals surface area contributed by atoms with Gasteiger partial charge in [-0.3, -0.25) is 4.79 Å². The lowest BCUT2D eigenvalue weighted by Crippen LogP contribution is -2.23. The first kappa shape index (κ1) is 16.5. The first-order valence-electron chi connectivity index (χ1n) is 5.98. The summed E-state index contributed by atoms with van der Waals surface area (Å²) in [4.78, 5) is 16.4. The van der Waals surface area contributed by atoms with Crippen LogP contribution < -0.4 is 5.32 Å². The van der Waals surface area contributed by atoms with E-state index in [0.717, 1.165) is 5.16 Å². The van der Waals surface area contributed by atoms with E-state index in [1.807, 2.05) is 17.8 Å². The summed E-state index contributed by atoms with van der Waals surface area (Å²) in [6.45, 7) is 1.79. The van der Waals surface area contributed by atoms with Gasteiger partial charge in [0.15, 0.2) is 5.16 Å². The molecule has 0 bridgehead atoms. The number of anilines is 1. The van der Waals surface area contributed by atoms with Gasteiger partial charge in [0, 0.05) is 19.4 Å². The Kier molecular flexibility index (Phi) is 5.43. The van der Waals surface area contributed by atoms with E-state index in [2.05, 4.69) is 10.3 Å². The second-order valence-electron chi connectivity index (χ2n) is 4.32. The third-order valence-corrected chi connectivity index (χ3v) is 4.90. The second-order valence-corrected chi connectivity index (χ2v) is 6.85. The average molecular weight is 365 g/mol. The van der Waals surface area contributed by atoms with E-state index in [9.17, 15) is 4.79 Å². The van der Waals surface area contributed by atoms with E-state index in [0.29, 0.717) is 20.8 Å². The lowest BCUT2D eigenvalue weighted by Gasteiger charge is -2.13. The van der Waals surface area contributed by atoms with Gasteiger partial charge in [-0.25, -0.2) is 4.98 Å². The third kappa shape index (κ3) is 4.07. The zero-order valence-corrected chi connectivity index (χ0v) is 14.3. The van der Waals surface area contributed by atoms with Crippen molar-refractivity contribution in [1.82, 2.24) is 9.55 Å². The lowest BCUT2D eigenvalue weighted by atomic mass is 10.3. The van der Waals surface area contributed by atoms with Crippen LogP contribution in [0.4, 0.5) is 5.69 Å². The molecule has 1 amide bonds. The van der Waals surface area contributed by atoms with Crippen LogP contribution in [-0.4, -0.2) is 20.7 Å². The maximum atomic E-state index is 12.2. The van der Waals surface area contributed by atoms with Gasteiger partial charge in [-0.15, -0.1) is 0 Å². The fourth-order valence-electron chi connectivity index (χ4n) is 1.53. The molecule has 0 saturated carbocycles. The summed E-state index contributed by atoms with van der Waals surface area (Å²) >= 11 is 19.2. The number of rotatable bonds is 4. The summed E-state index contributed by atoms with van der Waals surface area (Å²) in [5.74, 6) is -0.191. The number of benzene rings is 1. The highest BCUT2D eigenvalue weighted by atomic mass is 35.5. The zero-order chi connectivity index (χ0) is 15.6. The normalized spacial score (nSPS) is 12.2. The Hall–Kier alpha value is -0.880. The largest absolute Gasteiger partial charge is 0.329 e. The quantitative estimate of drug-likeness (QED) is 0.642. The predicted octanol–water partition coefficient (Wildman–Crippen LogP) is 4.50. The number of hydrogen-bond donors (Lipinski definition) is 1. The molecule has 1 atom stereocenters. The topological polar surface area (TPSA) is 46.9 Å². The minimum Gasteiger partial charge on any atom is -0.329 e. The molecule has 0 spiro atoms. The van der Waals surface area contributed by atoms with Gasteiger partial charge in [0.1, 0.15) is 0 Å². The molecule has 0 aliphatic rings. The molecule has 0 fully saturated rings. The third-order valence-electron chi connectivity index (χ3n) is 2.70. The number of aromatic nitrogens is 2. The maximum Gasteiger partial charge on any atom is 0.237 e. The van der Waals surface area contributed by atoms with E-state index < -0.39 is 0 Å². The number of halogens is 3. The molecule has 1 heterocycles. The van der Waals surface area contributed by atoms with Gasteiger partial charge in [0.2, 0.25) is 5.91 Å². The van der Waals surface area contributed by atoms with Gasteiger partial charge < -0.3 is 9.88 Å². The van der Waals surface area contributed by atoms with Gasteiger partial charge in [0.25, 0.3) is 0 Å². The van der Waals surface area contributed by atoms with Crippen molar-refractivity contribution < 1.29 is 4.79 Å². The van der Waals surface area contributed by atoms with Crippen LogP contribution in [0.5, 0.6) is 0 Å². The van der Waals surface area contributed by atoms with Crippen molar-refractivity contribution in [1.29, 1.82) is 0 Å². The molecule has 4 nitrogen and oxygen atoms in total. The van der Waals surface area contributed by atoms with Gasteiger partial charge in [-0.05, 0) is 19.1 Å². The van der Waals surface area contributed by atoms with Crippen LogP contribution in [0.3, 0.4) is 0 Å². The molecular weight excluding hydrogens is 353 g/mol. The Morgan fingerprint density at radius 2 is 1.95 bits per heavy atom. The second kappa shape index (κ2) is 6.92. The number of nitrogens with zero attached hydrogens (tertiary/aromatic N) is 2. The van der Waals surface area contributed by atoms with Crippen LogP contribution >= 0.6 is 46.6 Å². The Morgan fingerprint density at radius 3 is 2.57 bits per heavy atom. The zero-order valence-electron chi connectivity index (χ0n) is 11.2. The fraction of sp³-hybridized carbons (Fsp3) is 0.231. The first-order valence-corrected chi connectivity index (χ1v) is 7.99. The summed E-state index contributed by atoms with van der Waals surface area (Å²) in [6.07, 6.45) is 3.51. The van der Waals surface area contributed by atoms with Crippen molar-refractivity contribution in [2.45, 2.75) is 17.3 Å². The van der Waals surface area contributed by atoms with Crippen molar-refractivity contribution in [2.75, 3.05) is 5.32 Å². The van der Waals surface area contributed by atoms with Crippen molar-refractivity contribution in [3.8, 4) is 0 Å². The number of hydrogen-bond acceptors (Lipinski definition) is 3. The average Bonchev–Trinajstić information content (AvgIpc) is 2.81. The van der Waals surface area contributed by atoms with Gasteiger partial charge >= 0.3 is 0 Å². The van der Waals surface area contributed by atoms with Crippen LogP contribution in [0.1, 0.15) is 6.92 Å². The number of amides is 1. The monoisotopic (exact) mass is 363 g/mol. The molecule has 8 heteroatoms. The standard InChI is InChI=1S/C13H12Cl3N3OS/c1-7(21-13-17-3-4-19(13)2)12(20)18-11-6-9(15)8(14)5-10(11)16/h3-7H,1-2H3,(H,18,20)/t7-/m0/s1. The molecule has 0 saturated heterocycles. The predicted molar refractivity (Wildman–Crippen MR) is 88.6 cm³/mol. The number of thioether (sulfide) groups is 1. The van der Waals surface area contributed by atoms with Crippen molar-refractivity contribution >= 4 is 58.2 Å². The van der Waals surface area contributed by atoms with Gasteiger partial charge in [0.05, 0.1) is 26.0 Å². The summed E-state index contributed by atoms with van der Waals surface area (Å²) in [5.41, 5.74) is 0.434. The highest BCUT2D eigenvalue weighted by Crippen LogP contribution is 2.32. The van der Waals surface area contributed by atoms with Crippen LogP contribution in [0, 0.1) is 0 Å². The van der Waals surface area contributed by atoms with Crippen molar-refractivity contribution in [2.24, 2.45) is 7.05 Å². The number of imidazole rings is 1. The van der Waals surface area contributed by atoms with E-state index in [4.69, 9.17) is 34.8 Å². The number of carbonyl (C=O) groups is 1. The fourth-order valence-corrected chi connectivity index (χ4v) is 2.95. The Balaban J connectivity index is 2.07. The smallest absolute Gasteiger partial charge is 0.237 e. The molecule has 112 valence electrons. The number of carbonyl (C=O) groups excluding carboxylic acids is 1. The first-order chi connectivity index (χ1) is 9.88. The van der Waals surface area contributed by atoms with Gasteiger partial charge in [-0.1, -0.05) is 46.6 Å². The maximum absolute atomic E-state index is 12.2. The molecule has 2 rings (SSSR count). The molecule has 1 aromatic carbocycles. The van der Waals surface area contributed by atoms with Crippen molar-refractivity contribution in [3.63, 3.8) is 0 Å². The molecule has 0 radical (unpaired) electrons. The Bertz CT molecular complexity index is 675. The lowest BCUT2D eigenvalue weighted by molar-refractivity contribution is -0.115. The van der Waals surface area contributed by atoms with E-state index in [1.165, 1.54) is 23.9 Å². The summed E-state index contributed by atoms with van der Waals surface area (Å²) in [5, 5.41) is 4.18. The molecule has 0 aliphatic heterocycles. The summed E-state index contributed by atoms with van der Waals surface area (Å²) < 4.78 is 1.85. The number of nitrogens with one attached hydrogen (secondary N) is 1. The van der Waals surface area contributed by atoms with E-state index in [1.54, 1.807) is 13.1 Å². The molecule has 21 heavy (non-hydrogen) atoms. The molecule has 1 aromatic heterocycles. The van der Waals surface area contributed by atoms with Crippen LogP contribution in [0.2, 0.25) is 15.1 Å². The Morgan fingerprint density at radius 1 is 1.29 bits per heavy atom. The molecule has 2 aromatic rings. The highest BCUT2D eigenvalue weighted by Gasteiger charge is 2.18. The molecule has 1 N–H and O–H groups in total.